The molecule has 2 nitrogen and oxygen atoms in total. The van der Waals surface area contributed by atoms with Crippen molar-refractivity contribution < 1.29 is 0 Å². The van der Waals surface area contributed by atoms with Gasteiger partial charge in [-0.25, -0.2) is 0 Å². The molecule has 2 rings (SSSR count). The van der Waals surface area contributed by atoms with Crippen LogP contribution in [-0.2, 0) is 0 Å². The first-order valence-corrected chi connectivity index (χ1v) is 6.87. The molecule has 2 atom stereocenters. The van der Waals surface area contributed by atoms with Crippen LogP contribution >= 0.6 is 0 Å². The summed E-state index contributed by atoms with van der Waals surface area (Å²) in [5, 5.41) is 0. The standard InChI is InChI=1S/C15H24N2/c1-2-7-15(13-8-4-3-5-9-13)17-11-6-10-14(17)12-16/h3-5,8-9,14-15H,2,6-7,10-12,16H2,1H3. The molecule has 17 heavy (non-hydrogen) atoms. The van der Waals surface area contributed by atoms with Crippen LogP contribution in [0.15, 0.2) is 30.3 Å². The Morgan fingerprint density at radius 1 is 1.35 bits per heavy atom. The molecule has 1 saturated heterocycles. The molecule has 0 bridgehead atoms. The van der Waals surface area contributed by atoms with Crippen molar-refractivity contribution in [1.82, 2.24) is 4.90 Å². The Balaban J connectivity index is 2.17. The average molecular weight is 232 g/mol. The number of nitrogens with two attached hydrogens (primary N) is 1. The van der Waals surface area contributed by atoms with Gasteiger partial charge in [-0.3, -0.25) is 4.90 Å². The fraction of sp³-hybridized carbons (Fsp3) is 0.600. The summed E-state index contributed by atoms with van der Waals surface area (Å²) in [6.45, 7) is 4.28. The van der Waals surface area contributed by atoms with Gasteiger partial charge in [-0.15, -0.1) is 0 Å². The third-order valence-corrected chi connectivity index (χ3v) is 3.84. The molecular weight excluding hydrogens is 208 g/mol. The second-order valence-electron chi connectivity index (χ2n) is 4.98. The molecule has 0 radical (unpaired) electrons. The van der Waals surface area contributed by atoms with Crippen LogP contribution in [0.25, 0.3) is 0 Å². The smallest absolute Gasteiger partial charge is 0.0351 e. The van der Waals surface area contributed by atoms with E-state index in [2.05, 4.69) is 42.2 Å². The Morgan fingerprint density at radius 3 is 2.76 bits per heavy atom. The molecule has 1 heterocycles. The average Bonchev–Trinajstić information content (AvgIpc) is 2.85. The SMILES string of the molecule is CCCC(c1ccccc1)N1CCCC1CN. The van der Waals surface area contributed by atoms with E-state index >= 15 is 0 Å². The van der Waals surface area contributed by atoms with Crippen LogP contribution in [0, 0.1) is 0 Å². The van der Waals surface area contributed by atoms with Crippen molar-refractivity contribution in [3.05, 3.63) is 35.9 Å². The molecule has 1 fully saturated rings. The molecule has 1 aliphatic heterocycles. The van der Waals surface area contributed by atoms with Crippen LogP contribution in [0.2, 0.25) is 0 Å². The summed E-state index contributed by atoms with van der Waals surface area (Å²) in [5.41, 5.74) is 7.35. The van der Waals surface area contributed by atoms with Crippen LogP contribution in [-0.4, -0.2) is 24.0 Å². The number of hydrogen-bond acceptors (Lipinski definition) is 2. The monoisotopic (exact) mass is 232 g/mol. The molecule has 94 valence electrons. The first kappa shape index (κ1) is 12.6. The maximum Gasteiger partial charge on any atom is 0.0351 e. The highest BCUT2D eigenvalue weighted by Crippen LogP contribution is 2.32. The number of benzene rings is 1. The molecule has 0 saturated carbocycles. The lowest BCUT2D eigenvalue weighted by atomic mass is 10.00. The predicted octanol–water partition coefficient (Wildman–Crippen LogP) is 2.95. The minimum atomic E-state index is 0.567. The van der Waals surface area contributed by atoms with E-state index in [0.29, 0.717) is 12.1 Å². The van der Waals surface area contributed by atoms with Gasteiger partial charge in [0.1, 0.15) is 0 Å². The third-order valence-electron chi connectivity index (χ3n) is 3.84. The van der Waals surface area contributed by atoms with Crippen LogP contribution in [0.5, 0.6) is 0 Å². The Morgan fingerprint density at radius 2 is 2.12 bits per heavy atom. The third kappa shape index (κ3) is 2.88. The van der Waals surface area contributed by atoms with E-state index in [1.165, 1.54) is 37.8 Å². The highest BCUT2D eigenvalue weighted by Gasteiger charge is 2.29. The minimum absolute atomic E-state index is 0.567. The van der Waals surface area contributed by atoms with E-state index in [1.54, 1.807) is 0 Å². The van der Waals surface area contributed by atoms with Crippen molar-refractivity contribution in [2.45, 2.75) is 44.7 Å². The lowest BCUT2D eigenvalue weighted by Crippen LogP contribution is -2.38. The molecule has 2 unspecified atom stereocenters. The van der Waals surface area contributed by atoms with E-state index in [9.17, 15) is 0 Å². The second-order valence-corrected chi connectivity index (χ2v) is 4.98. The fourth-order valence-electron chi connectivity index (χ4n) is 2.99. The van der Waals surface area contributed by atoms with Crippen molar-refractivity contribution in [3.63, 3.8) is 0 Å². The summed E-state index contributed by atoms with van der Waals surface area (Å²) < 4.78 is 0. The number of nitrogens with zero attached hydrogens (tertiary/aromatic N) is 1. The maximum atomic E-state index is 5.89. The molecule has 1 aliphatic rings. The van der Waals surface area contributed by atoms with Crippen LogP contribution in [0.1, 0.15) is 44.2 Å². The van der Waals surface area contributed by atoms with Gasteiger partial charge in [0.05, 0.1) is 0 Å². The van der Waals surface area contributed by atoms with Crippen LogP contribution in [0.3, 0.4) is 0 Å². The first-order valence-electron chi connectivity index (χ1n) is 6.87. The lowest BCUT2D eigenvalue weighted by Gasteiger charge is -2.33. The summed E-state index contributed by atoms with van der Waals surface area (Å²) in [5.74, 6) is 0. The van der Waals surface area contributed by atoms with Gasteiger partial charge in [-0.1, -0.05) is 43.7 Å². The highest BCUT2D eigenvalue weighted by atomic mass is 15.2. The molecule has 1 aromatic carbocycles. The Labute approximate surface area is 105 Å². The van der Waals surface area contributed by atoms with Crippen molar-refractivity contribution in [1.29, 1.82) is 0 Å². The predicted molar refractivity (Wildman–Crippen MR) is 72.9 cm³/mol. The highest BCUT2D eigenvalue weighted by molar-refractivity contribution is 5.19. The van der Waals surface area contributed by atoms with Crippen LogP contribution < -0.4 is 5.73 Å². The first-order chi connectivity index (χ1) is 8.36. The molecule has 1 aromatic rings. The summed E-state index contributed by atoms with van der Waals surface area (Å²) in [6, 6.07) is 12.1. The zero-order valence-corrected chi connectivity index (χ0v) is 10.8. The van der Waals surface area contributed by atoms with Gasteiger partial charge in [-0.2, -0.15) is 0 Å². The van der Waals surface area contributed by atoms with Crippen molar-refractivity contribution in [2.24, 2.45) is 5.73 Å². The number of likely N-dealkylation sites (tertiary alicyclic amines) is 1. The van der Waals surface area contributed by atoms with Gasteiger partial charge in [0, 0.05) is 18.6 Å². The van der Waals surface area contributed by atoms with Gasteiger partial charge in [0.2, 0.25) is 0 Å². The molecule has 0 aliphatic carbocycles. The summed E-state index contributed by atoms with van der Waals surface area (Å²) in [6.07, 6.45) is 5.03. The molecule has 0 spiro atoms. The van der Waals surface area contributed by atoms with Crippen molar-refractivity contribution >= 4 is 0 Å². The largest absolute Gasteiger partial charge is 0.329 e. The fourth-order valence-corrected chi connectivity index (χ4v) is 2.99. The molecule has 2 heteroatoms. The van der Waals surface area contributed by atoms with Gasteiger partial charge in [-0.05, 0) is 31.4 Å². The summed E-state index contributed by atoms with van der Waals surface area (Å²) in [7, 11) is 0. The Hall–Kier alpha value is -0.860. The lowest BCUT2D eigenvalue weighted by molar-refractivity contribution is 0.173. The second kappa shape index (κ2) is 6.18. The maximum absolute atomic E-state index is 5.89. The quantitative estimate of drug-likeness (QED) is 0.845. The normalized spacial score (nSPS) is 22.8. The minimum Gasteiger partial charge on any atom is -0.329 e. The van der Waals surface area contributed by atoms with E-state index < -0.39 is 0 Å². The van der Waals surface area contributed by atoms with E-state index in [0.717, 1.165) is 6.54 Å². The van der Waals surface area contributed by atoms with Crippen molar-refractivity contribution in [3.8, 4) is 0 Å². The number of hydrogen-bond donors (Lipinski definition) is 1. The zero-order valence-electron chi connectivity index (χ0n) is 10.8. The Bertz CT molecular complexity index is 323. The van der Waals surface area contributed by atoms with Gasteiger partial charge >= 0.3 is 0 Å². The van der Waals surface area contributed by atoms with Crippen molar-refractivity contribution in [2.75, 3.05) is 13.1 Å². The van der Waals surface area contributed by atoms with E-state index in [-0.39, 0.29) is 0 Å². The molecule has 2 N–H and O–H groups in total. The molecular formula is C15H24N2. The van der Waals surface area contributed by atoms with Gasteiger partial charge < -0.3 is 5.73 Å². The summed E-state index contributed by atoms with van der Waals surface area (Å²) in [4.78, 5) is 2.62. The number of rotatable bonds is 5. The topological polar surface area (TPSA) is 29.3 Å². The van der Waals surface area contributed by atoms with E-state index in [4.69, 9.17) is 5.73 Å². The van der Waals surface area contributed by atoms with Gasteiger partial charge in [0.15, 0.2) is 0 Å². The summed E-state index contributed by atoms with van der Waals surface area (Å²) >= 11 is 0. The van der Waals surface area contributed by atoms with Crippen LogP contribution in [0.4, 0.5) is 0 Å². The van der Waals surface area contributed by atoms with Gasteiger partial charge in [0.25, 0.3) is 0 Å². The zero-order chi connectivity index (χ0) is 12.1. The molecule has 0 aromatic heterocycles. The van der Waals surface area contributed by atoms with E-state index in [1.807, 2.05) is 0 Å². The Kier molecular flexibility index (Phi) is 4.57. The molecule has 0 amide bonds.